The van der Waals surface area contributed by atoms with Gasteiger partial charge in [0.05, 0.1) is 25.2 Å². The van der Waals surface area contributed by atoms with Crippen molar-refractivity contribution in [2.24, 2.45) is 0 Å². The molecule has 0 spiro atoms. The molecule has 7 nitrogen and oxygen atoms in total. The molecule has 0 bridgehead atoms. The summed E-state index contributed by atoms with van der Waals surface area (Å²) in [6.45, 7) is 4.53. The van der Waals surface area contributed by atoms with Gasteiger partial charge >= 0.3 is 11.7 Å². The summed E-state index contributed by atoms with van der Waals surface area (Å²) in [7, 11) is 1.21. The van der Waals surface area contributed by atoms with Crippen molar-refractivity contribution in [3.05, 3.63) is 27.8 Å². The first-order valence-corrected chi connectivity index (χ1v) is 6.71. The first-order valence-electron chi connectivity index (χ1n) is 6.71. The minimum absolute atomic E-state index is 0.0153. The topological polar surface area (TPSA) is 87.9 Å². The number of nitro benzene ring substituents is 1. The summed E-state index contributed by atoms with van der Waals surface area (Å²) in [6, 6.07) is 2.50. The van der Waals surface area contributed by atoms with Crippen LogP contribution in [0.3, 0.4) is 0 Å². The molecule has 0 unspecified atom stereocenters. The van der Waals surface area contributed by atoms with Crippen LogP contribution in [0.2, 0.25) is 0 Å². The lowest BCUT2D eigenvalue weighted by Gasteiger charge is -2.12. The van der Waals surface area contributed by atoms with Crippen molar-refractivity contribution in [2.75, 3.05) is 20.3 Å². The Kier molecular flexibility index (Phi) is 6.45. The highest BCUT2D eigenvalue weighted by atomic mass is 16.6. The molecule has 21 heavy (non-hydrogen) atoms. The molecule has 0 aliphatic rings. The molecule has 0 radical (unpaired) electrons. The Morgan fingerprint density at radius 1 is 1.14 bits per heavy atom. The number of rotatable bonds is 8. The predicted octanol–water partition coefficient (Wildman–Crippen LogP) is 2.96. The molecule has 0 saturated carbocycles. The lowest BCUT2D eigenvalue weighted by molar-refractivity contribution is -0.385. The summed E-state index contributed by atoms with van der Waals surface area (Å²) >= 11 is 0. The smallest absolute Gasteiger partial charge is 0.341 e. The van der Waals surface area contributed by atoms with Gasteiger partial charge in [-0.25, -0.2) is 4.79 Å². The van der Waals surface area contributed by atoms with Crippen molar-refractivity contribution in [1.82, 2.24) is 0 Å². The van der Waals surface area contributed by atoms with Crippen molar-refractivity contribution in [3.63, 3.8) is 0 Å². The molecule has 0 saturated heterocycles. The third-order valence-electron chi connectivity index (χ3n) is 2.59. The quantitative estimate of drug-likeness (QED) is 0.416. The zero-order valence-electron chi connectivity index (χ0n) is 12.4. The molecule has 116 valence electrons. The molecule has 0 aliphatic carbocycles. The third kappa shape index (κ3) is 4.34. The average molecular weight is 297 g/mol. The van der Waals surface area contributed by atoms with Crippen LogP contribution in [0.4, 0.5) is 5.69 Å². The summed E-state index contributed by atoms with van der Waals surface area (Å²) in [5.74, 6) is -0.382. The molecule has 0 fully saturated rings. The van der Waals surface area contributed by atoms with Gasteiger partial charge in [-0.1, -0.05) is 13.8 Å². The second-order valence-electron chi connectivity index (χ2n) is 4.26. The lowest BCUT2D eigenvalue weighted by Crippen LogP contribution is -2.09. The van der Waals surface area contributed by atoms with Crippen LogP contribution in [0.25, 0.3) is 0 Å². The van der Waals surface area contributed by atoms with E-state index in [4.69, 9.17) is 9.47 Å². The largest absolute Gasteiger partial charge is 0.493 e. The molecular weight excluding hydrogens is 278 g/mol. The van der Waals surface area contributed by atoms with Gasteiger partial charge < -0.3 is 14.2 Å². The molecule has 1 aromatic rings. The van der Waals surface area contributed by atoms with Gasteiger partial charge in [0.1, 0.15) is 11.3 Å². The minimum atomic E-state index is -0.689. The number of ether oxygens (including phenoxy) is 3. The van der Waals surface area contributed by atoms with Gasteiger partial charge in [-0.15, -0.1) is 0 Å². The van der Waals surface area contributed by atoms with E-state index in [9.17, 15) is 14.9 Å². The van der Waals surface area contributed by atoms with Crippen LogP contribution in [0.15, 0.2) is 12.1 Å². The van der Waals surface area contributed by atoms with Crippen LogP contribution >= 0.6 is 0 Å². The molecule has 1 aromatic carbocycles. The zero-order valence-corrected chi connectivity index (χ0v) is 12.4. The van der Waals surface area contributed by atoms with Gasteiger partial charge in [-0.05, 0) is 12.8 Å². The maximum atomic E-state index is 11.7. The summed E-state index contributed by atoms with van der Waals surface area (Å²) in [6.07, 6.45) is 1.45. The second kappa shape index (κ2) is 8.08. The Morgan fingerprint density at radius 2 is 1.71 bits per heavy atom. The number of nitrogens with zero attached hydrogens (tertiary/aromatic N) is 1. The van der Waals surface area contributed by atoms with Gasteiger partial charge in [0.25, 0.3) is 0 Å². The van der Waals surface area contributed by atoms with Crippen LogP contribution in [0.1, 0.15) is 37.0 Å². The van der Waals surface area contributed by atoms with E-state index in [2.05, 4.69) is 4.74 Å². The van der Waals surface area contributed by atoms with E-state index in [1.807, 2.05) is 13.8 Å². The highest BCUT2D eigenvalue weighted by Crippen LogP contribution is 2.35. The Hall–Kier alpha value is -2.31. The standard InChI is InChI=1S/C14H19NO6/c1-4-6-20-12-9-13(21-7-5-2)11(15(17)18)8-10(12)14(16)19-3/h8-9H,4-7H2,1-3H3. The molecule has 0 atom stereocenters. The molecule has 0 heterocycles. The Morgan fingerprint density at radius 3 is 2.19 bits per heavy atom. The van der Waals surface area contributed by atoms with Crippen LogP contribution in [0, 0.1) is 10.1 Å². The van der Waals surface area contributed by atoms with Gasteiger partial charge in [0, 0.05) is 12.1 Å². The van der Waals surface area contributed by atoms with Gasteiger partial charge in [-0.3, -0.25) is 10.1 Å². The molecular formula is C14H19NO6. The van der Waals surface area contributed by atoms with Gasteiger partial charge in [0.15, 0.2) is 0 Å². The molecule has 1 rings (SSSR count). The van der Waals surface area contributed by atoms with E-state index in [0.29, 0.717) is 19.6 Å². The van der Waals surface area contributed by atoms with E-state index in [1.165, 1.54) is 13.2 Å². The molecule has 0 amide bonds. The number of hydrogen-bond donors (Lipinski definition) is 0. The van der Waals surface area contributed by atoms with E-state index < -0.39 is 10.9 Å². The van der Waals surface area contributed by atoms with Crippen LogP contribution < -0.4 is 9.47 Å². The Bertz CT molecular complexity index is 514. The van der Waals surface area contributed by atoms with Gasteiger partial charge in [0.2, 0.25) is 5.75 Å². The molecule has 7 heteroatoms. The maximum Gasteiger partial charge on any atom is 0.341 e. The maximum absolute atomic E-state index is 11.7. The highest BCUT2D eigenvalue weighted by Gasteiger charge is 2.24. The first-order chi connectivity index (χ1) is 10.0. The fraction of sp³-hybridized carbons (Fsp3) is 0.500. The summed E-state index contributed by atoms with van der Waals surface area (Å²) < 4.78 is 15.5. The normalized spacial score (nSPS) is 10.0. The number of methoxy groups -OCH3 is 1. The fourth-order valence-corrected chi connectivity index (χ4v) is 1.62. The monoisotopic (exact) mass is 297 g/mol. The SMILES string of the molecule is CCCOc1cc(OCCC)c([N+](=O)[O-])cc1C(=O)OC. The number of nitro groups is 1. The van der Waals surface area contributed by atoms with Crippen LogP contribution in [-0.4, -0.2) is 31.2 Å². The number of esters is 1. The summed E-state index contributed by atoms with van der Waals surface area (Å²) in [5, 5.41) is 11.1. The van der Waals surface area contributed by atoms with Crippen molar-refractivity contribution in [1.29, 1.82) is 0 Å². The van der Waals surface area contributed by atoms with Crippen LogP contribution in [-0.2, 0) is 4.74 Å². The average Bonchev–Trinajstić information content (AvgIpc) is 2.49. The minimum Gasteiger partial charge on any atom is -0.493 e. The van der Waals surface area contributed by atoms with Crippen molar-refractivity contribution >= 4 is 11.7 Å². The molecule has 0 aliphatic heterocycles. The van der Waals surface area contributed by atoms with Crippen molar-refractivity contribution < 1.29 is 23.9 Å². The number of benzene rings is 1. The van der Waals surface area contributed by atoms with E-state index in [-0.39, 0.29) is 22.7 Å². The second-order valence-corrected chi connectivity index (χ2v) is 4.26. The van der Waals surface area contributed by atoms with Crippen molar-refractivity contribution in [2.45, 2.75) is 26.7 Å². The molecule has 0 aromatic heterocycles. The number of hydrogen-bond acceptors (Lipinski definition) is 6. The third-order valence-corrected chi connectivity index (χ3v) is 2.59. The van der Waals surface area contributed by atoms with Gasteiger partial charge in [-0.2, -0.15) is 0 Å². The zero-order chi connectivity index (χ0) is 15.8. The van der Waals surface area contributed by atoms with E-state index in [0.717, 1.165) is 12.5 Å². The molecule has 0 N–H and O–H groups in total. The van der Waals surface area contributed by atoms with E-state index >= 15 is 0 Å². The first kappa shape index (κ1) is 16.7. The van der Waals surface area contributed by atoms with Crippen LogP contribution in [0.5, 0.6) is 11.5 Å². The number of carbonyl (C=O) groups is 1. The Balaban J connectivity index is 3.30. The van der Waals surface area contributed by atoms with E-state index in [1.54, 1.807) is 0 Å². The lowest BCUT2D eigenvalue weighted by atomic mass is 10.1. The predicted molar refractivity (Wildman–Crippen MR) is 76.0 cm³/mol. The van der Waals surface area contributed by atoms with Crippen molar-refractivity contribution in [3.8, 4) is 11.5 Å². The Labute approximate surface area is 123 Å². The highest BCUT2D eigenvalue weighted by molar-refractivity contribution is 5.93. The fourth-order valence-electron chi connectivity index (χ4n) is 1.62. The summed E-state index contributed by atoms with van der Waals surface area (Å²) in [4.78, 5) is 22.2. The summed E-state index contributed by atoms with van der Waals surface area (Å²) in [5.41, 5.74) is -0.269. The number of carbonyl (C=O) groups excluding carboxylic acids is 1.